The number of rotatable bonds is 6. The van der Waals surface area contributed by atoms with Gasteiger partial charge in [-0.3, -0.25) is 9.59 Å². The van der Waals surface area contributed by atoms with Gasteiger partial charge in [0.15, 0.2) is 0 Å². The highest BCUT2D eigenvalue weighted by Crippen LogP contribution is 2.49. The van der Waals surface area contributed by atoms with E-state index in [0.717, 1.165) is 19.4 Å². The molecule has 1 saturated carbocycles. The lowest BCUT2D eigenvalue weighted by Gasteiger charge is -2.32. The molecule has 0 bridgehead atoms. The Bertz CT molecular complexity index is 528. The first kappa shape index (κ1) is 18.6. The highest BCUT2D eigenvalue weighted by molar-refractivity contribution is 6.40. The SMILES string of the molecule is N[C@]1(C(=O)O)C[C@H]2CN(C(=O)[C@@H]3CCCN3)C[C@H]2[C@H]1CCCB(O)O. The van der Waals surface area contributed by atoms with E-state index in [-0.39, 0.29) is 36.0 Å². The first-order valence-corrected chi connectivity index (χ1v) is 9.23. The lowest BCUT2D eigenvalue weighted by atomic mass is 9.76. The number of carboxylic acids is 1. The number of carboxylic acid groups (broad SMARTS) is 1. The Morgan fingerprint density at radius 1 is 1.32 bits per heavy atom. The van der Waals surface area contributed by atoms with Crippen LogP contribution in [0.3, 0.4) is 0 Å². The zero-order valence-corrected chi connectivity index (χ0v) is 14.4. The molecule has 6 N–H and O–H groups in total. The fraction of sp³-hybridized carbons (Fsp3) is 0.875. The Labute approximate surface area is 147 Å². The molecule has 3 aliphatic rings. The number of carbonyl (C=O) groups excluding carboxylic acids is 1. The van der Waals surface area contributed by atoms with Crippen LogP contribution in [0.1, 0.15) is 32.1 Å². The van der Waals surface area contributed by atoms with Gasteiger partial charge in [0.2, 0.25) is 5.91 Å². The van der Waals surface area contributed by atoms with Gasteiger partial charge >= 0.3 is 13.1 Å². The van der Waals surface area contributed by atoms with E-state index in [1.54, 1.807) is 0 Å². The molecule has 140 valence electrons. The van der Waals surface area contributed by atoms with Gasteiger partial charge in [-0.25, -0.2) is 0 Å². The number of fused-ring (bicyclic) bond motifs is 1. The molecule has 3 fully saturated rings. The number of aliphatic carboxylic acids is 1. The Morgan fingerprint density at radius 2 is 2.08 bits per heavy atom. The lowest BCUT2D eigenvalue weighted by Crippen LogP contribution is -2.53. The molecular formula is C16H28BN3O5. The summed E-state index contributed by atoms with van der Waals surface area (Å²) < 4.78 is 0. The summed E-state index contributed by atoms with van der Waals surface area (Å²) in [6.45, 7) is 2.00. The number of nitrogens with two attached hydrogens (primary N) is 1. The number of hydrogen-bond acceptors (Lipinski definition) is 6. The van der Waals surface area contributed by atoms with Gasteiger partial charge in [0.25, 0.3) is 0 Å². The summed E-state index contributed by atoms with van der Waals surface area (Å²) in [5.41, 5.74) is 4.98. The van der Waals surface area contributed by atoms with Crippen molar-refractivity contribution in [3.8, 4) is 0 Å². The van der Waals surface area contributed by atoms with Crippen LogP contribution < -0.4 is 11.1 Å². The smallest absolute Gasteiger partial charge is 0.451 e. The Morgan fingerprint density at radius 3 is 2.68 bits per heavy atom. The minimum atomic E-state index is -1.38. The standard InChI is InChI=1S/C16H28BN3O5/c18-16(15(22)23)7-10-8-20(14(21)13-4-2-6-19-13)9-11(10)12(16)3-1-5-17(24)25/h10-13,19,24-25H,1-9,18H2,(H,22,23)/t10-,11+,12+,13-,16+/m0/s1. The van der Waals surface area contributed by atoms with Crippen LogP contribution in [-0.2, 0) is 9.59 Å². The van der Waals surface area contributed by atoms with E-state index in [9.17, 15) is 14.7 Å². The van der Waals surface area contributed by atoms with E-state index < -0.39 is 18.6 Å². The molecule has 25 heavy (non-hydrogen) atoms. The minimum Gasteiger partial charge on any atom is -0.480 e. The number of amides is 1. The second kappa shape index (κ2) is 7.22. The third-order valence-electron chi connectivity index (χ3n) is 6.32. The fourth-order valence-electron chi connectivity index (χ4n) is 5.07. The van der Waals surface area contributed by atoms with Crippen LogP contribution in [0, 0.1) is 17.8 Å². The molecule has 0 aromatic heterocycles. The molecule has 2 heterocycles. The molecular weight excluding hydrogens is 325 g/mol. The van der Waals surface area contributed by atoms with E-state index >= 15 is 0 Å². The molecule has 0 spiro atoms. The molecule has 1 amide bonds. The van der Waals surface area contributed by atoms with E-state index in [1.807, 2.05) is 4.90 Å². The van der Waals surface area contributed by atoms with Crippen LogP contribution in [0.4, 0.5) is 0 Å². The van der Waals surface area contributed by atoms with Crippen molar-refractivity contribution in [1.29, 1.82) is 0 Å². The largest absolute Gasteiger partial charge is 0.480 e. The van der Waals surface area contributed by atoms with Crippen LogP contribution in [-0.4, -0.2) is 70.3 Å². The summed E-state index contributed by atoms with van der Waals surface area (Å²) >= 11 is 0. The normalized spacial score (nSPS) is 37.3. The summed E-state index contributed by atoms with van der Waals surface area (Å²) in [5.74, 6) is -0.943. The number of carbonyl (C=O) groups is 2. The van der Waals surface area contributed by atoms with Crippen molar-refractivity contribution in [1.82, 2.24) is 10.2 Å². The molecule has 8 nitrogen and oxygen atoms in total. The van der Waals surface area contributed by atoms with Crippen LogP contribution in [0.15, 0.2) is 0 Å². The maximum atomic E-state index is 12.6. The molecule has 0 unspecified atom stereocenters. The van der Waals surface area contributed by atoms with Gasteiger partial charge in [-0.05, 0) is 56.3 Å². The van der Waals surface area contributed by atoms with E-state index in [2.05, 4.69) is 5.32 Å². The summed E-state index contributed by atoms with van der Waals surface area (Å²) in [6, 6.07) is -0.107. The summed E-state index contributed by atoms with van der Waals surface area (Å²) in [5, 5.41) is 30.9. The molecule has 9 heteroatoms. The van der Waals surface area contributed by atoms with Gasteiger partial charge in [-0.1, -0.05) is 6.42 Å². The highest BCUT2D eigenvalue weighted by Gasteiger charge is 2.58. The monoisotopic (exact) mass is 353 g/mol. The number of likely N-dealkylation sites (tertiary alicyclic amines) is 1. The average molecular weight is 353 g/mol. The third-order valence-corrected chi connectivity index (χ3v) is 6.32. The van der Waals surface area contributed by atoms with Crippen LogP contribution in [0.5, 0.6) is 0 Å². The second-order valence-corrected chi connectivity index (χ2v) is 7.88. The van der Waals surface area contributed by atoms with E-state index in [4.69, 9.17) is 15.8 Å². The predicted octanol–water partition coefficient (Wildman–Crippen LogP) is -1.13. The number of hydrogen-bond donors (Lipinski definition) is 5. The lowest BCUT2D eigenvalue weighted by molar-refractivity contribution is -0.145. The molecule has 3 rings (SSSR count). The molecule has 1 aliphatic carbocycles. The van der Waals surface area contributed by atoms with E-state index in [0.29, 0.717) is 32.4 Å². The predicted molar refractivity (Wildman–Crippen MR) is 91.5 cm³/mol. The summed E-state index contributed by atoms with van der Waals surface area (Å²) in [7, 11) is -1.38. The maximum absolute atomic E-state index is 12.6. The summed E-state index contributed by atoms with van der Waals surface area (Å²) in [4.78, 5) is 26.3. The Balaban J connectivity index is 1.68. The molecule has 0 aromatic rings. The quantitative estimate of drug-likeness (QED) is 0.381. The Hall–Kier alpha value is -1.16. The second-order valence-electron chi connectivity index (χ2n) is 7.88. The van der Waals surface area contributed by atoms with Crippen molar-refractivity contribution in [2.75, 3.05) is 19.6 Å². The van der Waals surface area contributed by atoms with Crippen LogP contribution in [0.25, 0.3) is 0 Å². The van der Waals surface area contributed by atoms with Crippen LogP contribution >= 0.6 is 0 Å². The van der Waals surface area contributed by atoms with Gasteiger partial charge in [0.1, 0.15) is 5.54 Å². The first-order chi connectivity index (χ1) is 11.8. The molecule has 2 saturated heterocycles. The van der Waals surface area contributed by atoms with Crippen molar-refractivity contribution >= 4 is 19.0 Å². The fourth-order valence-corrected chi connectivity index (χ4v) is 5.07. The van der Waals surface area contributed by atoms with Gasteiger partial charge in [-0.2, -0.15) is 0 Å². The Kier molecular flexibility index (Phi) is 5.38. The average Bonchev–Trinajstić information content (AvgIpc) is 3.24. The maximum Gasteiger partial charge on any atom is 0.451 e. The van der Waals surface area contributed by atoms with Crippen molar-refractivity contribution in [2.24, 2.45) is 23.5 Å². The van der Waals surface area contributed by atoms with Crippen molar-refractivity contribution < 1.29 is 24.7 Å². The van der Waals surface area contributed by atoms with Crippen LogP contribution in [0.2, 0.25) is 6.32 Å². The first-order valence-electron chi connectivity index (χ1n) is 9.23. The van der Waals surface area contributed by atoms with Gasteiger partial charge in [0.05, 0.1) is 6.04 Å². The highest BCUT2D eigenvalue weighted by atomic mass is 16.4. The number of nitrogens with zero attached hydrogens (tertiary/aromatic N) is 1. The number of nitrogens with one attached hydrogen (secondary N) is 1. The summed E-state index contributed by atoms with van der Waals surface area (Å²) in [6.07, 6.45) is 3.49. The molecule has 5 atom stereocenters. The van der Waals surface area contributed by atoms with Gasteiger partial charge < -0.3 is 31.1 Å². The van der Waals surface area contributed by atoms with E-state index in [1.165, 1.54) is 0 Å². The topological polar surface area (TPSA) is 136 Å². The van der Waals surface area contributed by atoms with Gasteiger partial charge in [0, 0.05) is 13.1 Å². The van der Waals surface area contributed by atoms with Crippen molar-refractivity contribution in [3.63, 3.8) is 0 Å². The van der Waals surface area contributed by atoms with Crippen molar-refractivity contribution in [2.45, 2.75) is 50.0 Å². The zero-order chi connectivity index (χ0) is 18.2. The zero-order valence-electron chi connectivity index (χ0n) is 14.4. The molecule has 0 aromatic carbocycles. The van der Waals surface area contributed by atoms with Crippen molar-refractivity contribution in [3.05, 3.63) is 0 Å². The van der Waals surface area contributed by atoms with Gasteiger partial charge in [-0.15, -0.1) is 0 Å². The molecule has 0 radical (unpaired) electrons. The minimum absolute atomic E-state index is 0.0716. The third kappa shape index (κ3) is 3.55. The molecule has 2 aliphatic heterocycles.